The monoisotopic (exact) mass is 311 g/mol. The molecule has 0 saturated carbocycles. The number of carbonyl (C=O) groups is 1. The molecule has 0 fully saturated rings. The fourth-order valence-corrected chi connectivity index (χ4v) is 3.21. The van der Waals surface area contributed by atoms with E-state index in [-0.39, 0.29) is 5.91 Å². The number of amides is 1. The SMILES string of the molecule is O=C(c1cscn1)N1CCc2onc(-c3ccccc3)c2C1. The van der Waals surface area contributed by atoms with Crippen LogP contribution < -0.4 is 0 Å². The van der Waals surface area contributed by atoms with Gasteiger partial charge in [0.2, 0.25) is 0 Å². The molecule has 110 valence electrons. The summed E-state index contributed by atoms with van der Waals surface area (Å²) in [4.78, 5) is 18.4. The highest BCUT2D eigenvalue weighted by atomic mass is 32.1. The number of thiazole rings is 1. The van der Waals surface area contributed by atoms with Crippen molar-refractivity contribution >= 4 is 17.2 Å². The smallest absolute Gasteiger partial charge is 0.273 e. The van der Waals surface area contributed by atoms with Gasteiger partial charge >= 0.3 is 0 Å². The third-order valence-electron chi connectivity index (χ3n) is 3.81. The Morgan fingerprint density at radius 3 is 2.91 bits per heavy atom. The lowest BCUT2D eigenvalue weighted by molar-refractivity contribution is 0.0724. The van der Waals surface area contributed by atoms with E-state index in [1.807, 2.05) is 30.3 Å². The average molecular weight is 311 g/mol. The Hall–Kier alpha value is -2.47. The van der Waals surface area contributed by atoms with Crippen LogP contribution in [0.25, 0.3) is 11.3 Å². The maximum atomic E-state index is 12.5. The zero-order valence-electron chi connectivity index (χ0n) is 11.7. The molecule has 4 rings (SSSR count). The van der Waals surface area contributed by atoms with Gasteiger partial charge in [-0.05, 0) is 0 Å². The van der Waals surface area contributed by atoms with Crippen LogP contribution in [0, 0.1) is 0 Å². The molecule has 0 N–H and O–H groups in total. The minimum atomic E-state index is -0.0351. The first-order valence-electron chi connectivity index (χ1n) is 7.03. The van der Waals surface area contributed by atoms with E-state index in [1.165, 1.54) is 11.3 Å². The summed E-state index contributed by atoms with van der Waals surface area (Å²) >= 11 is 1.43. The first kappa shape index (κ1) is 13.2. The van der Waals surface area contributed by atoms with Crippen molar-refractivity contribution in [3.63, 3.8) is 0 Å². The van der Waals surface area contributed by atoms with Crippen molar-refractivity contribution in [2.24, 2.45) is 0 Å². The highest BCUT2D eigenvalue weighted by Crippen LogP contribution is 2.30. The Bertz CT molecular complexity index is 796. The summed E-state index contributed by atoms with van der Waals surface area (Å²) in [6, 6.07) is 9.90. The Kier molecular flexibility index (Phi) is 3.23. The van der Waals surface area contributed by atoms with E-state index in [0.29, 0.717) is 25.2 Å². The maximum absolute atomic E-state index is 12.5. The summed E-state index contributed by atoms with van der Waals surface area (Å²) < 4.78 is 5.46. The predicted octanol–water partition coefficient (Wildman–Crippen LogP) is 3.00. The molecule has 6 heteroatoms. The van der Waals surface area contributed by atoms with Gasteiger partial charge in [0.05, 0.1) is 12.1 Å². The van der Waals surface area contributed by atoms with Crippen LogP contribution in [-0.2, 0) is 13.0 Å². The summed E-state index contributed by atoms with van der Waals surface area (Å²) in [5.74, 6) is 0.841. The fourth-order valence-electron chi connectivity index (χ4n) is 2.69. The van der Waals surface area contributed by atoms with Gasteiger partial charge in [0.15, 0.2) is 0 Å². The summed E-state index contributed by atoms with van der Waals surface area (Å²) in [5, 5.41) is 5.98. The Morgan fingerprint density at radius 2 is 2.14 bits per heavy atom. The summed E-state index contributed by atoms with van der Waals surface area (Å²) in [5.41, 5.74) is 5.02. The first-order chi connectivity index (χ1) is 10.8. The zero-order chi connectivity index (χ0) is 14.9. The number of benzene rings is 1. The number of aromatic nitrogens is 2. The number of carbonyl (C=O) groups excluding carboxylic acids is 1. The Labute approximate surface area is 131 Å². The van der Waals surface area contributed by atoms with Gasteiger partial charge in [-0.2, -0.15) is 0 Å². The van der Waals surface area contributed by atoms with Gasteiger partial charge in [-0.3, -0.25) is 4.79 Å². The minimum Gasteiger partial charge on any atom is -0.360 e. The second kappa shape index (κ2) is 5.38. The van der Waals surface area contributed by atoms with Crippen LogP contribution in [0.5, 0.6) is 0 Å². The molecule has 1 aliphatic heterocycles. The van der Waals surface area contributed by atoms with E-state index < -0.39 is 0 Å². The number of hydrogen-bond donors (Lipinski definition) is 0. The van der Waals surface area contributed by atoms with Crippen molar-refractivity contribution in [1.29, 1.82) is 0 Å². The highest BCUT2D eigenvalue weighted by Gasteiger charge is 2.28. The Morgan fingerprint density at radius 1 is 1.27 bits per heavy atom. The van der Waals surface area contributed by atoms with Crippen LogP contribution in [0.3, 0.4) is 0 Å². The molecule has 3 aromatic rings. The van der Waals surface area contributed by atoms with Crippen LogP contribution >= 0.6 is 11.3 Å². The van der Waals surface area contributed by atoms with Gasteiger partial charge in [-0.15, -0.1) is 11.3 Å². The number of nitrogens with zero attached hydrogens (tertiary/aromatic N) is 3. The molecular formula is C16H13N3O2S. The molecular weight excluding hydrogens is 298 g/mol. The third kappa shape index (κ3) is 2.21. The molecule has 0 atom stereocenters. The van der Waals surface area contributed by atoms with Gasteiger partial charge in [0, 0.05) is 29.5 Å². The van der Waals surface area contributed by atoms with Crippen LogP contribution in [0.4, 0.5) is 0 Å². The largest absolute Gasteiger partial charge is 0.360 e. The summed E-state index contributed by atoms with van der Waals surface area (Å²) in [7, 11) is 0. The lowest BCUT2D eigenvalue weighted by Gasteiger charge is -2.25. The summed E-state index contributed by atoms with van der Waals surface area (Å²) in [6.07, 6.45) is 0.686. The molecule has 2 aromatic heterocycles. The van der Waals surface area contributed by atoms with Crippen LogP contribution in [0.1, 0.15) is 21.8 Å². The van der Waals surface area contributed by atoms with Gasteiger partial charge in [-0.25, -0.2) is 4.98 Å². The van der Waals surface area contributed by atoms with E-state index in [2.05, 4.69) is 10.1 Å². The normalized spacial score (nSPS) is 13.9. The van der Waals surface area contributed by atoms with Gasteiger partial charge in [0.1, 0.15) is 17.1 Å². The standard InChI is InChI=1S/C16H13N3O2S/c20-16(13-9-22-10-17-13)19-7-6-14-12(8-19)15(18-21-14)11-4-2-1-3-5-11/h1-5,9-10H,6-8H2. The van der Waals surface area contributed by atoms with Crippen molar-refractivity contribution in [3.8, 4) is 11.3 Å². The molecule has 0 aliphatic carbocycles. The van der Waals surface area contributed by atoms with Gasteiger partial charge < -0.3 is 9.42 Å². The van der Waals surface area contributed by atoms with Crippen molar-refractivity contribution in [2.45, 2.75) is 13.0 Å². The Balaban J connectivity index is 1.66. The second-order valence-electron chi connectivity index (χ2n) is 5.15. The average Bonchev–Trinajstić information content (AvgIpc) is 3.24. The molecule has 0 saturated heterocycles. The van der Waals surface area contributed by atoms with Crippen LogP contribution in [0.2, 0.25) is 0 Å². The summed E-state index contributed by atoms with van der Waals surface area (Å²) in [6.45, 7) is 1.15. The van der Waals surface area contributed by atoms with E-state index in [1.54, 1.807) is 15.8 Å². The third-order valence-corrected chi connectivity index (χ3v) is 4.40. The molecule has 0 radical (unpaired) electrons. The number of hydrogen-bond acceptors (Lipinski definition) is 5. The molecule has 0 spiro atoms. The molecule has 0 bridgehead atoms. The van der Waals surface area contributed by atoms with Crippen molar-refractivity contribution in [3.05, 3.63) is 58.2 Å². The second-order valence-corrected chi connectivity index (χ2v) is 5.87. The van der Waals surface area contributed by atoms with Crippen LogP contribution in [0.15, 0.2) is 45.7 Å². The highest BCUT2D eigenvalue weighted by molar-refractivity contribution is 7.07. The predicted molar refractivity (Wildman–Crippen MR) is 82.5 cm³/mol. The topological polar surface area (TPSA) is 59.2 Å². The van der Waals surface area contributed by atoms with Gasteiger partial charge in [0.25, 0.3) is 5.91 Å². The number of rotatable bonds is 2. The molecule has 1 aliphatic rings. The molecule has 5 nitrogen and oxygen atoms in total. The van der Waals surface area contributed by atoms with E-state index in [0.717, 1.165) is 22.6 Å². The molecule has 3 heterocycles. The van der Waals surface area contributed by atoms with E-state index >= 15 is 0 Å². The first-order valence-corrected chi connectivity index (χ1v) is 7.97. The lowest BCUT2D eigenvalue weighted by atomic mass is 10.0. The quantitative estimate of drug-likeness (QED) is 0.730. The minimum absolute atomic E-state index is 0.0351. The maximum Gasteiger partial charge on any atom is 0.273 e. The molecule has 22 heavy (non-hydrogen) atoms. The number of fused-ring (bicyclic) bond motifs is 1. The van der Waals surface area contributed by atoms with Crippen molar-refractivity contribution in [2.75, 3.05) is 6.54 Å². The van der Waals surface area contributed by atoms with Gasteiger partial charge in [-0.1, -0.05) is 35.5 Å². The van der Waals surface area contributed by atoms with Crippen molar-refractivity contribution in [1.82, 2.24) is 15.0 Å². The van der Waals surface area contributed by atoms with E-state index in [9.17, 15) is 4.79 Å². The lowest BCUT2D eigenvalue weighted by Crippen LogP contribution is -2.35. The molecule has 1 amide bonds. The van der Waals surface area contributed by atoms with E-state index in [4.69, 9.17) is 4.52 Å². The fraction of sp³-hybridized carbons (Fsp3) is 0.188. The zero-order valence-corrected chi connectivity index (χ0v) is 12.5. The molecule has 1 aromatic carbocycles. The van der Waals surface area contributed by atoms with Crippen LogP contribution in [-0.4, -0.2) is 27.5 Å². The molecule has 0 unspecified atom stereocenters. The van der Waals surface area contributed by atoms with Crippen molar-refractivity contribution < 1.29 is 9.32 Å².